The highest BCUT2D eigenvalue weighted by Crippen LogP contribution is 2.37. The predicted octanol–water partition coefficient (Wildman–Crippen LogP) is 11.8. The van der Waals surface area contributed by atoms with Gasteiger partial charge in [0, 0.05) is 29.1 Å². The minimum Gasteiger partial charge on any atom is -0.399 e. The molecule has 0 radical (unpaired) electrons. The van der Waals surface area contributed by atoms with E-state index < -0.39 is 0 Å². The molecular formula is C42H56N2. The van der Waals surface area contributed by atoms with Crippen LogP contribution in [0, 0.1) is 13.8 Å². The van der Waals surface area contributed by atoms with Crippen LogP contribution in [0.15, 0.2) is 84.9 Å². The smallest absolute Gasteiger partial charge is 0.0316 e. The molecule has 0 amide bonds. The van der Waals surface area contributed by atoms with Crippen molar-refractivity contribution < 1.29 is 0 Å². The first kappa shape index (κ1) is 33.4. The Hall–Kier alpha value is -3.52. The van der Waals surface area contributed by atoms with E-state index in [1.165, 1.54) is 95.9 Å². The van der Waals surface area contributed by atoms with E-state index in [9.17, 15) is 0 Å². The maximum absolute atomic E-state index is 6.07. The molecule has 0 bridgehead atoms. The zero-order chi connectivity index (χ0) is 31.5. The van der Waals surface area contributed by atoms with Gasteiger partial charge in [-0.25, -0.2) is 0 Å². The third-order valence-electron chi connectivity index (χ3n) is 9.73. The van der Waals surface area contributed by atoms with E-state index in [1.54, 1.807) is 0 Å². The number of hydrogen-bond acceptors (Lipinski definition) is 2. The average Bonchev–Trinajstić information content (AvgIpc) is 3.02. The molecule has 2 unspecified atom stereocenters. The highest BCUT2D eigenvalue weighted by Gasteiger charge is 2.20. The van der Waals surface area contributed by atoms with Gasteiger partial charge in [-0.2, -0.15) is 0 Å². The van der Waals surface area contributed by atoms with E-state index in [2.05, 4.69) is 107 Å². The Labute approximate surface area is 268 Å². The van der Waals surface area contributed by atoms with Gasteiger partial charge < -0.3 is 11.5 Å². The van der Waals surface area contributed by atoms with E-state index in [-0.39, 0.29) is 0 Å². The number of nitrogens with two attached hydrogens (primary N) is 2. The van der Waals surface area contributed by atoms with E-state index in [0.717, 1.165) is 24.2 Å². The molecule has 0 fully saturated rings. The van der Waals surface area contributed by atoms with Crippen molar-refractivity contribution in [3.05, 3.63) is 129 Å². The highest BCUT2D eigenvalue weighted by molar-refractivity contribution is 5.49. The lowest BCUT2D eigenvalue weighted by Gasteiger charge is -2.23. The minimum atomic E-state index is 0.383. The van der Waals surface area contributed by atoms with Crippen molar-refractivity contribution in [3.8, 4) is 0 Å². The van der Waals surface area contributed by atoms with Crippen LogP contribution in [0.1, 0.15) is 147 Å². The molecule has 0 saturated carbocycles. The van der Waals surface area contributed by atoms with Crippen molar-refractivity contribution in [1.82, 2.24) is 0 Å². The number of unbranched alkanes of at least 4 members (excludes halogenated alkanes) is 6. The number of nitrogen functional groups attached to an aromatic ring is 2. The second kappa shape index (κ2) is 16.5. The van der Waals surface area contributed by atoms with Crippen LogP contribution in [0.4, 0.5) is 11.4 Å². The second-order valence-electron chi connectivity index (χ2n) is 12.9. The van der Waals surface area contributed by atoms with Gasteiger partial charge in [-0.05, 0) is 102 Å². The summed E-state index contributed by atoms with van der Waals surface area (Å²) in [6.07, 6.45) is 12.7. The van der Waals surface area contributed by atoms with Gasteiger partial charge in [0.15, 0.2) is 0 Å². The molecule has 234 valence electrons. The average molecular weight is 589 g/mol. The van der Waals surface area contributed by atoms with Gasteiger partial charge >= 0.3 is 0 Å². The zero-order valence-electron chi connectivity index (χ0n) is 28.0. The van der Waals surface area contributed by atoms with Crippen LogP contribution in [-0.2, 0) is 0 Å². The first-order valence-electron chi connectivity index (χ1n) is 17.3. The molecule has 2 atom stereocenters. The molecular weight excluding hydrogens is 532 g/mol. The lowest BCUT2D eigenvalue weighted by atomic mass is 9.81. The van der Waals surface area contributed by atoms with Gasteiger partial charge in [0.2, 0.25) is 0 Å². The SMILES string of the molecule is CCCCCCCCCC(c1ccc(C(CC)c2ccc(N)cc2C)cc1)c1ccc(C(CC)c2ccc(N)cc2C)cc1. The normalized spacial score (nSPS) is 13.5. The van der Waals surface area contributed by atoms with Gasteiger partial charge in [-0.15, -0.1) is 0 Å². The molecule has 0 heterocycles. The first-order valence-corrected chi connectivity index (χ1v) is 17.3. The Morgan fingerprint density at radius 1 is 0.455 bits per heavy atom. The fraction of sp³-hybridized carbons (Fsp3) is 0.429. The Morgan fingerprint density at radius 3 is 1.18 bits per heavy atom. The van der Waals surface area contributed by atoms with Gasteiger partial charge in [0.1, 0.15) is 0 Å². The first-order chi connectivity index (χ1) is 21.4. The van der Waals surface area contributed by atoms with Crippen molar-refractivity contribution in [1.29, 1.82) is 0 Å². The summed E-state index contributed by atoms with van der Waals surface area (Å²) in [5.74, 6) is 1.17. The van der Waals surface area contributed by atoms with Gasteiger partial charge in [0.25, 0.3) is 0 Å². The summed E-state index contributed by atoms with van der Waals surface area (Å²) in [5, 5.41) is 0. The molecule has 4 aromatic rings. The minimum absolute atomic E-state index is 0.383. The predicted molar refractivity (Wildman–Crippen MR) is 193 cm³/mol. The van der Waals surface area contributed by atoms with Crippen LogP contribution in [0.2, 0.25) is 0 Å². The summed E-state index contributed by atoms with van der Waals surface area (Å²) in [7, 11) is 0. The molecule has 2 nitrogen and oxygen atoms in total. The summed E-state index contributed by atoms with van der Waals surface area (Å²) < 4.78 is 0. The third-order valence-corrected chi connectivity index (χ3v) is 9.73. The molecule has 0 aromatic heterocycles. The molecule has 4 N–H and O–H groups in total. The van der Waals surface area contributed by atoms with Crippen LogP contribution in [-0.4, -0.2) is 0 Å². The Balaban J connectivity index is 1.57. The van der Waals surface area contributed by atoms with Crippen molar-refractivity contribution >= 4 is 11.4 Å². The number of benzene rings is 4. The van der Waals surface area contributed by atoms with E-state index >= 15 is 0 Å². The second-order valence-corrected chi connectivity index (χ2v) is 12.9. The van der Waals surface area contributed by atoms with Crippen molar-refractivity contribution in [3.63, 3.8) is 0 Å². The summed E-state index contributed by atoms with van der Waals surface area (Å²) in [6, 6.07) is 31.8. The molecule has 44 heavy (non-hydrogen) atoms. The van der Waals surface area contributed by atoms with Crippen LogP contribution >= 0.6 is 0 Å². The van der Waals surface area contributed by atoms with Crippen LogP contribution in [0.3, 0.4) is 0 Å². The molecule has 0 aliphatic carbocycles. The number of hydrogen-bond donors (Lipinski definition) is 2. The van der Waals surface area contributed by atoms with Gasteiger partial charge in [-0.1, -0.05) is 126 Å². The van der Waals surface area contributed by atoms with Crippen LogP contribution in [0.25, 0.3) is 0 Å². The number of anilines is 2. The zero-order valence-corrected chi connectivity index (χ0v) is 28.0. The van der Waals surface area contributed by atoms with Crippen molar-refractivity contribution in [2.45, 2.75) is 117 Å². The molecule has 4 aromatic carbocycles. The monoisotopic (exact) mass is 588 g/mol. The summed E-state index contributed by atoms with van der Waals surface area (Å²) in [4.78, 5) is 0. The Bertz CT molecular complexity index is 1330. The van der Waals surface area contributed by atoms with Crippen molar-refractivity contribution in [2.75, 3.05) is 11.5 Å². The number of rotatable bonds is 16. The quantitative estimate of drug-likeness (QED) is 0.101. The maximum atomic E-state index is 6.07. The fourth-order valence-corrected chi connectivity index (χ4v) is 7.20. The Morgan fingerprint density at radius 2 is 0.818 bits per heavy atom. The maximum Gasteiger partial charge on any atom is 0.0316 e. The number of aryl methyl sites for hydroxylation is 2. The summed E-state index contributed by atoms with van der Waals surface area (Å²) in [6.45, 7) is 11.2. The lowest BCUT2D eigenvalue weighted by Crippen LogP contribution is -2.06. The van der Waals surface area contributed by atoms with Gasteiger partial charge in [-0.3, -0.25) is 0 Å². The molecule has 0 aliphatic rings. The topological polar surface area (TPSA) is 52.0 Å². The van der Waals surface area contributed by atoms with Gasteiger partial charge in [0.05, 0.1) is 0 Å². The third kappa shape index (κ3) is 8.56. The van der Waals surface area contributed by atoms with Crippen LogP contribution in [0.5, 0.6) is 0 Å². The highest BCUT2D eigenvalue weighted by atomic mass is 14.5. The molecule has 0 spiro atoms. The van der Waals surface area contributed by atoms with Crippen LogP contribution < -0.4 is 11.5 Å². The summed E-state index contributed by atoms with van der Waals surface area (Å²) in [5.41, 5.74) is 24.8. The van der Waals surface area contributed by atoms with E-state index in [4.69, 9.17) is 11.5 Å². The van der Waals surface area contributed by atoms with Crippen molar-refractivity contribution in [2.24, 2.45) is 0 Å². The largest absolute Gasteiger partial charge is 0.399 e. The molecule has 2 heteroatoms. The van der Waals surface area contributed by atoms with E-state index in [1.807, 2.05) is 12.1 Å². The summed E-state index contributed by atoms with van der Waals surface area (Å²) >= 11 is 0. The standard InChI is InChI=1S/C42H56N2/c1-6-9-10-11-12-13-14-15-42(34-20-16-32(17-21-34)38(7-2)40-26-24-36(43)28-30(40)4)35-22-18-33(19-23-35)39(8-3)41-27-25-37(44)29-31(41)5/h16-29,38-39,42H,6-15,43-44H2,1-5H3. The Kier molecular flexibility index (Phi) is 12.5. The fourth-order valence-electron chi connectivity index (χ4n) is 7.20. The molecule has 0 aliphatic heterocycles. The van der Waals surface area contributed by atoms with E-state index in [0.29, 0.717) is 17.8 Å². The lowest BCUT2D eigenvalue weighted by molar-refractivity contribution is 0.558. The molecule has 0 saturated heterocycles. The molecule has 4 rings (SSSR count).